The van der Waals surface area contributed by atoms with Gasteiger partial charge in [0.25, 0.3) is 0 Å². The number of carbonyl (C=O) groups is 2. The fourth-order valence-corrected chi connectivity index (χ4v) is 3.48. The lowest BCUT2D eigenvalue weighted by atomic mass is 9.96. The minimum absolute atomic E-state index is 0.152. The molecule has 24 heavy (non-hydrogen) atoms. The van der Waals surface area contributed by atoms with E-state index in [-0.39, 0.29) is 12.5 Å². The van der Waals surface area contributed by atoms with Gasteiger partial charge in [-0.3, -0.25) is 9.59 Å². The SMILES string of the molecule is CC1CCN(C(=O)C(=O)Nc2cccc(-c3cccs3)c2)CC1O. The number of hydrogen-bond donors (Lipinski definition) is 2. The maximum Gasteiger partial charge on any atom is 0.313 e. The molecule has 5 nitrogen and oxygen atoms in total. The van der Waals surface area contributed by atoms with E-state index in [2.05, 4.69) is 5.32 Å². The highest BCUT2D eigenvalue weighted by Crippen LogP contribution is 2.26. The van der Waals surface area contributed by atoms with Crippen LogP contribution in [0.5, 0.6) is 0 Å². The molecule has 1 aromatic heterocycles. The summed E-state index contributed by atoms with van der Waals surface area (Å²) < 4.78 is 0. The molecule has 0 spiro atoms. The van der Waals surface area contributed by atoms with Crippen molar-refractivity contribution < 1.29 is 14.7 Å². The monoisotopic (exact) mass is 344 g/mol. The van der Waals surface area contributed by atoms with E-state index >= 15 is 0 Å². The second-order valence-corrected chi connectivity index (χ2v) is 7.04. The number of rotatable bonds is 2. The van der Waals surface area contributed by atoms with E-state index in [1.165, 1.54) is 4.90 Å². The molecule has 2 atom stereocenters. The smallest absolute Gasteiger partial charge is 0.313 e. The molecule has 0 saturated carbocycles. The summed E-state index contributed by atoms with van der Waals surface area (Å²) in [7, 11) is 0. The first-order chi connectivity index (χ1) is 11.5. The first-order valence-corrected chi connectivity index (χ1v) is 8.85. The van der Waals surface area contributed by atoms with Crippen LogP contribution in [0.4, 0.5) is 5.69 Å². The molecule has 1 aromatic carbocycles. The van der Waals surface area contributed by atoms with Gasteiger partial charge < -0.3 is 15.3 Å². The molecule has 0 bridgehead atoms. The quantitative estimate of drug-likeness (QED) is 0.823. The maximum atomic E-state index is 12.3. The normalized spacial score (nSPS) is 20.7. The number of piperidine rings is 1. The van der Waals surface area contributed by atoms with Gasteiger partial charge in [0.15, 0.2) is 0 Å². The molecule has 2 aromatic rings. The van der Waals surface area contributed by atoms with Gasteiger partial charge >= 0.3 is 11.8 Å². The van der Waals surface area contributed by atoms with E-state index in [4.69, 9.17) is 0 Å². The largest absolute Gasteiger partial charge is 0.391 e. The van der Waals surface area contributed by atoms with Crippen molar-refractivity contribution >= 4 is 28.8 Å². The summed E-state index contributed by atoms with van der Waals surface area (Å²) in [6.07, 6.45) is 0.131. The van der Waals surface area contributed by atoms with Gasteiger partial charge in [-0.2, -0.15) is 0 Å². The molecule has 1 saturated heterocycles. The highest BCUT2D eigenvalue weighted by molar-refractivity contribution is 7.13. The van der Waals surface area contributed by atoms with Gasteiger partial charge in [-0.25, -0.2) is 0 Å². The molecule has 1 aliphatic heterocycles. The zero-order chi connectivity index (χ0) is 17.1. The number of nitrogens with zero attached hydrogens (tertiary/aromatic N) is 1. The topological polar surface area (TPSA) is 69.6 Å². The van der Waals surface area contributed by atoms with Crippen LogP contribution in [0.1, 0.15) is 13.3 Å². The lowest BCUT2D eigenvalue weighted by molar-refractivity contribution is -0.146. The summed E-state index contributed by atoms with van der Waals surface area (Å²) in [5.74, 6) is -1.11. The Morgan fingerprint density at radius 1 is 1.29 bits per heavy atom. The molecule has 2 heterocycles. The first kappa shape index (κ1) is 16.7. The van der Waals surface area contributed by atoms with Gasteiger partial charge in [0.05, 0.1) is 6.10 Å². The summed E-state index contributed by atoms with van der Waals surface area (Å²) in [5, 5.41) is 14.5. The molecule has 0 radical (unpaired) electrons. The molecule has 1 aliphatic rings. The van der Waals surface area contributed by atoms with E-state index in [9.17, 15) is 14.7 Å². The second kappa shape index (κ2) is 7.15. The number of amides is 2. The third-order valence-corrected chi connectivity index (χ3v) is 5.25. The Kier molecular flexibility index (Phi) is 4.97. The minimum atomic E-state index is -0.667. The number of hydrogen-bond acceptors (Lipinski definition) is 4. The zero-order valence-corrected chi connectivity index (χ0v) is 14.3. The second-order valence-electron chi connectivity index (χ2n) is 6.10. The zero-order valence-electron chi connectivity index (χ0n) is 13.4. The Balaban J connectivity index is 1.66. The van der Waals surface area contributed by atoms with Crippen LogP contribution in [0, 0.1) is 5.92 Å². The van der Waals surface area contributed by atoms with Gasteiger partial charge in [0.2, 0.25) is 0 Å². The van der Waals surface area contributed by atoms with Gasteiger partial charge in [-0.1, -0.05) is 25.1 Å². The van der Waals surface area contributed by atoms with Gasteiger partial charge in [0.1, 0.15) is 0 Å². The first-order valence-electron chi connectivity index (χ1n) is 7.97. The van der Waals surface area contributed by atoms with E-state index in [1.54, 1.807) is 17.4 Å². The maximum absolute atomic E-state index is 12.3. The molecule has 2 N–H and O–H groups in total. The fourth-order valence-electron chi connectivity index (χ4n) is 2.75. The van der Waals surface area contributed by atoms with Crippen LogP contribution in [0.15, 0.2) is 41.8 Å². The number of anilines is 1. The molecule has 126 valence electrons. The highest BCUT2D eigenvalue weighted by atomic mass is 32.1. The lowest BCUT2D eigenvalue weighted by Crippen LogP contribution is -2.49. The van der Waals surface area contributed by atoms with E-state index in [0.29, 0.717) is 18.7 Å². The minimum Gasteiger partial charge on any atom is -0.391 e. The summed E-state index contributed by atoms with van der Waals surface area (Å²) in [6.45, 7) is 2.66. The number of likely N-dealkylation sites (tertiary alicyclic amines) is 1. The molecular formula is C18H20N2O3S. The summed E-state index contributed by atoms with van der Waals surface area (Å²) >= 11 is 1.62. The van der Waals surface area contributed by atoms with Crippen LogP contribution in [0.2, 0.25) is 0 Å². The van der Waals surface area contributed by atoms with Crippen molar-refractivity contribution in [1.82, 2.24) is 4.90 Å². The molecule has 3 rings (SSSR count). The van der Waals surface area contributed by atoms with Gasteiger partial charge in [0, 0.05) is 23.7 Å². The number of benzene rings is 1. The van der Waals surface area contributed by atoms with Crippen molar-refractivity contribution in [2.24, 2.45) is 5.92 Å². The predicted molar refractivity (Wildman–Crippen MR) is 94.8 cm³/mol. The number of carbonyl (C=O) groups excluding carboxylic acids is 2. The van der Waals surface area contributed by atoms with Gasteiger partial charge in [-0.05, 0) is 41.5 Å². The molecule has 0 aliphatic carbocycles. The molecule has 2 amide bonds. The van der Waals surface area contributed by atoms with Crippen molar-refractivity contribution in [3.63, 3.8) is 0 Å². The Bertz CT molecular complexity index is 730. The summed E-state index contributed by atoms with van der Waals surface area (Å²) in [6, 6.07) is 11.4. The standard InChI is InChI=1S/C18H20N2O3S/c1-12-7-8-20(11-15(12)21)18(23)17(22)19-14-5-2-4-13(10-14)16-6-3-9-24-16/h2-6,9-10,12,15,21H,7-8,11H2,1H3,(H,19,22). The lowest BCUT2D eigenvalue weighted by Gasteiger charge is -2.33. The van der Waals surface area contributed by atoms with Crippen LogP contribution >= 0.6 is 11.3 Å². The average Bonchev–Trinajstić information content (AvgIpc) is 3.11. The average molecular weight is 344 g/mol. The Hall–Kier alpha value is -2.18. The predicted octanol–water partition coefficient (Wildman–Crippen LogP) is 2.58. The van der Waals surface area contributed by atoms with Crippen LogP contribution in [0.3, 0.4) is 0 Å². The molecule has 2 unspecified atom stereocenters. The van der Waals surface area contributed by atoms with E-state index in [0.717, 1.165) is 10.4 Å². The van der Waals surface area contributed by atoms with E-state index in [1.807, 2.05) is 42.6 Å². The summed E-state index contributed by atoms with van der Waals surface area (Å²) in [5.41, 5.74) is 1.59. The Morgan fingerprint density at radius 3 is 2.83 bits per heavy atom. The van der Waals surface area contributed by atoms with Gasteiger partial charge in [-0.15, -0.1) is 11.3 Å². The number of thiophene rings is 1. The summed E-state index contributed by atoms with van der Waals surface area (Å²) in [4.78, 5) is 27.0. The third kappa shape index (κ3) is 3.66. The molecule has 1 fully saturated rings. The number of β-amino-alcohol motifs (C(OH)–C–C–N with tert-alkyl or cyclic N) is 1. The Labute approximate surface area is 144 Å². The third-order valence-electron chi connectivity index (χ3n) is 4.33. The van der Waals surface area contributed by atoms with Crippen LogP contribution in [-0.2, 0) is 9.59 Å². The highest BCUT2D eigenvalue weighted by Gasteiger charge is 2.30. The van der Waals surface area contributed by atoms with Crippen molar-refractivity contribution in [2.75, 3.05) is 18.4 Å². The fraction of sp³-hybridized carbons (Fsp3) is 0.333. The van der Waals surface area contributed by atoms with E-state index < -0.39 is 17.9 Å². The van der Waals surface area contributed by atoms with Crippen LogP contribution in [0.25, 0.3) is 10.4 Å². The van der Waals surface area contributed by atoms with Crippen molar-refractivity contribution in [3.05, 3.63) is 41.8 Å². The number of aliphatic hydroxyl groups excluding tert-OH is 1. The number of aliphatic hydroxyl groups is 1. The van der Waals surface area contributed by atoms with Crippen molar-refractivity contribution in [3.8, 4) is 10.4 Å². The molecular weight excluding hydrogens is 324 g/mol. The Morgan fingerprint density at radius 2 is 2.12 bits per heavy atom. The van der Waals surface area contributed by atoms with Crippen molar-refractivity contribution in [1.29, 1.82) is 0 Å². The van der Waals surface area contributed by atoms with Crippen LogP contribution < -0.4 is 5.32 Å². The number of nitrogens with one attached hydrogen (secondary N) is 1. The van der Waals surface area contributed by atoms with Crippen molar-refractivity contribution in [2.45, 2.75) is 19.4 Å². The molecule has 6 heteroatoms. The van der Waals surface area contributed by atoms with Crippen LogP contribution in [-0.4, -0.2) is 41.0 Å².